The Kier molecular flexibility index (Phi) is 4.04. The van der Waals surface area contributed by atoms with Gasteiger partial charge in [-0.2, -0.15) is 0 Å². The van der Waals surface area contributed by atoms with E-state index < -0.39 is 0 Å². The van der Waals surface area contributed by atoms with Gasteiger partial charge in [0.1, 0.15) is 0 Å². The van der Waals surface area contributed by atoms with Crippen LogP contribution in [0.4, 0.5) is 0 Å². The van der Waals surface area contributed by atoms with E-state index >= 15 is 0 Å². The molecule has 0 bridgehead atoms. The molecule has 4 aromatic heterocycles. The van der Waals surface area contributed by atoms with Crippen molar-refractivity contribution in [3.63, 3.8) is 0 Å². The van der Waals surface area contributed by atoms with Crippen LogP contribution >= 0.6 is 0 Å². The molecule has 0 saturated carbocycles. The van der Waals surface area contributed by atoms with Crippen molar-refractivity contribution in [2.45, 2.75) is 0 Å². The Morgan fingerprint density at radius 3 is 2.00 bits per heavy atom. The quantitative estimate of drug-likeness (QED) is 0.188. The summed E-state index contributed by atoms with van der Waals surface area (Å²) in [6.07, 6.45) is 1.98. The van der Waals surface area contributed by atoms with E-state index in [-0.39, 0.29) is 0 Å². The maximum Gasteiger partial charge on any atom is 0.235 e. The molecular weight excluding hydrogens is 536 g/mol. The van der Waals surface area contributed by atoms with Crippen LogP contribution in [0.15, 0.2) is 134 Å². The second kappa shape index (κ2) is 7.88. The second-order valence-corrected chi connectivity index (χ2v) is 11.8. The maximum atomic E-state index is 5.16. The first-order chi connectivity index (χ1) is 21.8. The van der Waals surface area contributed by atoms with Crippen LogP contribution in [-0.4, -0.2) is 18.9 Å². The molecule has 44 heavy (non-hydrogen) atoms. The van der Waals surface area contributed by atoms with Gasteiger partial charge in [-0.3, -0.25) is 4.57 Å². The summed E-state index contributed by atoms with van der Waals surface area (Å²) in [5.41, 5.74) is 6.95. The van der Waals surface area contributed by atoms with Gasteiger partial charge in [0.2, 0.25) is 5.95 Å². The van der Waals surface area contributed by atoms with E-state index in [1.807, 2.05) is 6.20 Å². The normalized spacial score (nSPS) is 12.5. The fourth-order valence-electron chi connectivity index (χ4n) is 7.87. The fraction of sp³-hybridized carbons (Fsp3) is 0. The summed E-state index contributed by atoms with van der Waals surface area (Å²) in [7, 11) is 0. The van der Waals surface area contributed by atoms with E-state index in [1.165, 1.54) is 70.4 Å². The first-order valence-electron chi connectivity index (χ1n) is 15.0. The van der Waals surface area contributed by atoms with Crippen LogP contribution in [0, 0.1) is 0 Å². The average Bonchev–Trinajstić information content (AvgIpc) is 3.73. The molecule has 0 aliphatic carbocycles. The summed E-state index contributed by atoms with van der Waals surface area (Å²) < 4.78 is 4.74. The highest BCUT2D eigenvalue weighted by Gasteiger charge is 2.22. The highest BCUT2D eigenvalue weighted by Crippen LogP contribution is 2.45. The predicted molar refractivity (Wildman–Crippen MR) is 184 cm³/mol. The number of rotatable bonds is 1. The van der Waals surface area contributed by atoms with Gasteiger partial charge in [-0.05, 0) is 40.4 Å². The van der Waals surface area contributed by atoms with Gasteiger partial charge in [0.25, 0.3) is 0 Å². The SMILES string of the molecule is c1ccc2c(c1)ccc1nc(-n3c4ccccc4c4c5c(ccc6c7cccc8c9ccccc9n(c87)c65)ccc43)ncc12. The van der Waals surface area contributed by atoms with Crippen molar-refractivity contribution in [2.24, 2.45) is 0 Å². The van der Waals surface area contributed by atoms with Crippen molar-refractivity contribution in [2.75, 3.05) is 0 Å². The van der Waals surface area contributed by atoms with E-state index in [2.05, 4.69) is 136 Å². The number of aromatic nitrogens is 4. The molecule has 0 N–H and O–H groups in total. The summed E-state index contributed by atoms with van der Waals surface area (Å²) in [5.74, 6) is 0.683. The van der Waals surface area contributed by atoms with Gasteiger partial charge in [-0.25, -0.2) is 9.97 Å². The van der Waals surface area contributed by atoms with Gasteiger partial charge < -0.3 is 4.40 Å². The number of benzene rings is 7. The lowest BCUT2D eigenvalue weighted by atomic mass is 10.00. The van der Waals surface area contributed by atoms with Crippen molar-refractivity contribution >= 4 is 92.3 Å². The topological polar surface area (TPSA) is 35.1 Å². The van der Waals surface area contributed by atoms with Crippen LogP contribution in [0.2, 0.25) is 0 Å². The molecule has 4 nitrogen and oxygen atoms in total. The highest BCUT2D eigenvalue weighted by atomic mass is 15.2. The van der Waals surface area contributed by atoms with E-state index in [1.54, 1.807) is 0 Å². The lowest BCUT2D eigenvalue weighted by Gasteiger charge is -2.09. The molecule has 11 rings (SSSR count). The molecule has 0 amide bonds. The molecule has 0 saturated heterocycles. The molecule has 0 spiro atoms. The van der Waals surface area contributed by atoms with Gasteiger partial charge in [0.05, 0.1) is 33.1 Å². The average molecular weight is 559 g/mol. The van der Waals surface area contributed by atoms with Crippen molar-refractivity contribution in [3.8, 4) is 5.95 Å². The minimum absolute atomic E-state index is 0.683. The number of fused-ring (bicyclic) bond motifs is 15. The predicted octanol–water partition coefficient (Wildman–Crippen LogP) is 10.2. The van der Waals surface area contributed by atoms with Crippen LogP contribution in [0.25, 0.3) is 98.3 Å². The van der Waals surface area contributed by atoms with Crippen LogP contribution < -0.4 is 0 Å². The molecular formula is C40H22N4. The second-order valence-electron chi connectivity index (χ2n) is 11.8. The van der Waals surface area contributed by atoms with Gasteiger partial charge in [-0.15, -0.1) is 0 Å². The Morgan fingerprint density at radius 1 is 0.409 bits per heavy atom. The molecule has 0 aliphatic rings. The van der Waals surface area contributed by atoms with Gasteiger partial charge in [0, 0.05) is 49.3 Å². The standard InChI is InChI=1S/C40H22N4/c1-2-9-25-23(8-1)17-20-32-31(25)22-41-40(42-32)43-34-15-6-4-11-30(34)37-35(43)21-18-24-16-19-29-28-13-7-12-27-26-10-3-5-14-33(26)44(38(27)28)39(29)36(24)37/h1-22H. The molecule has 0 aliphatic heterocycles. The third-order valence-corrected chi connectivity index (χ3v) is 9.68. The molecule has 0 fully saturated rings. The molecule has 0 atom stereocenters. The van der Waals surface area contributed by atoms with Gasteiger partial charge >= 0.3 is 0 Å². The lowest BCUT2D eigenvalue weighted by Crippen LogP contribution is -2.01. The number of hydrogen-bond donors (Lipinski definition) is 0. The Balaban J connectivity index is 1.34. The third kappa shape index (κ3) is 2.65. The van der Waals surface area contributed by atoms with E-state index in [4.69, 9.17) is 9.97 Å². The third-order valence-electron chi connectivity index (χ3n) is 9.68. The molecule has 0 radical (unpaired) electrons. The molecule has 4 heteroatoms. The minimum atomic E-state index is 0.683. The zero-order valence-electron chi connectivity index (χ0n) is 23.5. The smallest absolute Gasteiger partial charge is 0.235 e. The first-order valence-corrected chi connectivity index (χ1v) is 15.0. The van der Waals surface area contributed by atoms with E-state index in [0.29, 0.717) is 5.95 Å². The molecule has 4 heterocycles. The van der Waals surface area contributed by atoms with E-state index in [9.17, 15) is 0 Å². The minimum Gasteiger partial charge on any atom is -0.307 e. The number of nitrogens with zero attached hydrogens (tertiary/aromatic N) is 4. The summed E-state index contributed by atoms with van der Waals surface area (Å²) >= 11 is 0. The molecule has 7 aromatic carbocycles. The van der Waals surface area contributed by atoms with Crippen molar-refractivity contribution < 1.29 is 0 Å². The molecule has 11 aromatic rings. The highest BCUT2D eigenvalue weighted by molar-refractivity contribution is 6.33. The van der Waals surface area contributed by atoms with Crippen LogP contribution in [0.5, 0.6) is 0 Å². The van der Waals surface area contributed by atoms with Crippen molar-refractivity contribution in [1.82, 2.24) is 18.9 Å². The van der Waals surface area contributed by atoms with Crippen molar-refractivity contribution in [1.29, 1.82) is 0 Å². The monoisotopic (exact) mass is 558 g/mol. The molecule has 202 valence electrons. The van der Waals surface area contributed by atoms with Gasteiger partial charge in [0.15, 0.2) is 0 Å². The van der Waals surface area contributed by atoms with Gasteiger partial charge in [-0.1, -0.05) is 103 Å². The number of para-hydroxylation sites is 3. The largest absolute Gasteiger partial charge is 0.307 e. The Labute approximate surface area is 250 Å². The summed E-state index contributed by atoms with van der Waals surface area (Å²) in [4.78, 5) is 10.2. The summed E-state index contributed by atoms with van der Waals surface area (Å²) in [5, 5.41) is 13.5. The van der Waals surface area contributed by atoms with Crippen LogP contribution in [0.3, 0.4) is 0 Å². The zero-order valence-corrected chi connectivity index (χ0v) is 23.5. The Hall–Kier alpha value is -6.00. The lowest BCUT2D eigenvalue weighted by molar-refractivity contribution is 1.01. The maximum absolute atomic E-state index is 5.16. The summed E-state index contributed by atoms with van der Waals surface area (Å²) in [6, 6.07) is 46.0. The number of hydrogen-bond acceptors (Lipinski definition) is 2. The van der Waals surface area contributed by atoms with Crippen molar-refractivity contribution in [3.05, 3.63) is 134 Å². The van der Waals surface area contributed by atoms with E-state index in [0.717, 1.165) is 21.9 Å². The Morgan fingerprint density at radius 2 is 1.09 bits per heavy atom. The first kappa shape index (κ1) is 22.6. The summed E-state index contributed by atoms with van der Waals surface area (Å²) in [6.45, 7) is 0. The zero-order chi connectivity index (χ0) is 28.5. The fourth-order valence-corrected chi connectivity index (χ4v) is 7.87. The molecule has 0 unspecified atom stereocenters. The van der Waals surface area contributed by atoms with Crippen LogP contribution in [0.1, 0.15) is 0 Å². The Bertz CT molecular complexity index is 3000. The van der Waals surface area contributed by atoms with Crippen LogP contribution in [-0.2, 0) is 0 Å².